The Hall–Kier alpha value is -2.48. The maximum Gasteiger partial charge on any atom is 0.408 e. The topological polar surface area (TPSA) is 105 Å². The van der Waals surface area contributed by atoms with Gasteiger partial charge in [0.25, 0.3) is 0 Å². The van der Waals surface area contributed by atoms with Crippen molar-refractivity contribution >= 4 is 29.7 Å². The van der Waals surface area contributed by atoms with Crippen molar-refractivity contribution in [3.8, 4) is 0 Å². The fourth-order valence-corrected chi connectivity index (χ4v) is 2.53. The third kappa shape index (κ3) is 7.75. The minimum absolute atomic E-state index is 0.0678. The Morgan fingerprint density at radius 1 is 1.32 bits per heavy atom. The summed E-state index contributed by atoms with van der Waals surface area (Å²) >= 11 is 1.48. The quantitative estimate of drug-likeness (QED) is 0.545. The van der Waals surface area contributed by atoms with Crippen LogP contribution in [0.2, 0.25) is 0 Å². The lowest BCUT2D eigenvalue weighted by Crippen LogP contribution is -2.67. The van der Waals surface area contributed by atoms with Crippen LogP contribution in [0.15, 0.2) is 42.0 Å². The van der Waals surface area contributed by atoms with Crippen LogP contribution in [0.5, 0.6) is 0 Å². The number of aliphatic carboxylic acids is 1. The number of thioether (sulfide) groups is 1. The molecule has 0 aliphatic carbocycles. The first kappa shape index (κ1) is 20.6. The first-order valence-corrected chi connectivity index (χ1v) is 8.80. The van der Waals surface area contributed by atoms with Crippen molar-refractivity contribution in [2.75, 3.05) is 6.26 Å². The van der Waals surface area contributed by atoms with Crippen molar-refractivity contribution < 1.29 is 24.2 Å². The van der Waals surface area contributed by atoms with Crippen LogP contribution in [0.25, 0.3) is 0 Å². The normalized spacial score (nSPS) is 17.8. The summed E-state index contributed by atoms with van der Waals surface area (Å²) in [5.41, 5.74) is 1.72. The van der Waals surface area contributed by atoms with Crippen LogP contribution >= 0.6 is 11.8 Å². The molecule has 0 unspecified atom stereocenters. The molecule has 0 aromatic heterocycles. The van der Waals surface area contributed by atoms with Crippen molar-refractivity contribution in [2.45, 2.75) is 31.9 Å². The summed E-state index contributed by atoms with van der Waals surface area (Å²) < 4.78 is 5.04. The summed E-state index contributed by atoms with van der Waals surface area (Å²) in [7, 11) is 0. The lowest BCUT2D eigenvalue weighted by Gasteiger charge is -2.35. The molecule has 3 N–H and O–H groups in total. The fraction of sp³-hybridized carbons (Fsp3) is 0.353. The van der Waals surface area contributed by atoms with Crippen LogP contribution in [-0.2, 0) is 20.9 Å². The van der Waals surface area contributed by atoms with Gasteiger partial charge in [-0.2, -0.15) is 0 Å². The summed E-state index contributed by atoms with van der Waals surface area (Å²) in [6, 6.07) is 8.88. The summed E-state index contributed by atoms with van der Waals surface area (Å²) in [4.78, 5) is 32.5. The molecule has 1 aromatic rings. The zero-order valence-electron chi connectivity index (χ0n) is 14.3. The molecular weight excluding hydrogens is 344 g/mol. The van der Waals surface area contributed by atoms with Gasteiger partial charge in [0, 0.05) is 6.08 Å². The number of allylic oxidation sites excluding steroid dienone is 1. The average Bonchev–Trinajstić information content (AvgIpc) is 2.56. The van der Waals surface area contributed by atoms with Crippen molar-refractivity contribution in [3.63, 3.8) is 0 Å². The largest absolute Gasteiger partial charge is 0.478 e. The molecule has 2 atom stereocenters. The second-order valence-corrected chi connectivity index (χ2v) is 6.39. The minimum Gasteiger partial charge on any atom is -0.478 e. The third-order valence-corrected chi connectivity index (χ3v) is 3.92. The van der Waals surface area contributed by atoms with Crippen LogP contribution in [0.4, 0.5) is 4.79 Å². The molecule has 7 nitrogen and oxygen atoms in total. The van der Waals surface area contributed by atoms with Crippen LogP contribution in [0.1, 0.15) is 19.4 Å². The molecule has 0 spiro atoms. The first-order chi connectivity index (χ1) is 11.8. The van der Waals surface area contributed by atoms with E-state index in [4.69, 9.17) is 9.84 Å². The Morgan fingerprint density at radius 2 is 1.96 bits per heavy atom. The molecule has 2 amide bonds. The molecule has 0 saturated carbocycles. The molecule has 1 heterocycles. The van der Waals surface area contributed by atoms with E-state index in [0.29, 0.717) is 0 Å². The number of alkyl carbamates (subject to hydrolysis) is 1. The van der Waals surface area contributed by atoms with Crippen molar-refractivity contribution in [1.82, 2.24) is 10.6 Å². The number of nitrogens with one attached hydrogen (secondary N) is 2. The lowest BCUT2D eigenvalue weighted by molar-refractivity contribution is -0.131. The fourth-order valence-electron chi connectivity index (χ4n) is 1.83. The molecule has 8 heteroatoms. The van der Waals surface area contributed by atoms with Crippen LogP contribution in [0.3, 0.4) is 0 Å². The monoisotopic (exact) mass is 366 g/mol. The Labute approximate surface area is 150 Å². The second kappa shape index (κ2) is 10.4. The van der Waals surface area contributed by atoms with E-state index in [-0.39, 0.29) is 17.9 Å². The Balaban J connectivity index is 0.000000381. The zero-order valence-corrected chi connectivity index (χ0v) is 15.1. The zero-order chi connectivity index (χ0) is 18.8. The van der Waals surface area contributed by atoms with E-state index in [9.17, 15) is 14.4 Å². The number of β-lactam (4-membered cyclic amide) rings is 1. The number of carboxylic acids is 1. The van der Waals surface area contributed by atoms with Crippen LogP contribution in [0, 0.1) is 0 Å². The highest BCUT2D eigenvalue weighted by atomic mass is 32.2. The van der Waals surface area contributed by atoms with Gasteiger partial charge in [0.1, 0.15) is 18.0 Å². The molecule has 0 bridgehead atoms. The smallest absolute Gasteiger partial charge is 0.408 e. The van der Waals surface area contributed by atoms with Gasteiger partial charge < -0.3 is 20.5 Å². The van der Waals surface area contributed by atoms with E-state index in [0.717, 1.165) is 11.1 Å². The Kier molecular flexibility index (Phi) is 8.55. The SMILES string of the molecule is CC(C)=CC(=O)O.CS[C@H]1NC(=O)[C@H]1NC(=O)OCc1ccccc1. The van der Waals surface area contributed by atoms with Crippen molar-refractivity contribution in [3.05, 3.63) is 47.5 Å². The molecule has 1 aliphatic heterocycles. The van der Waals surface area contributed by atoms with E-state index < -0.39 is 18.1 Å². The molecule has 1 saturated heterocycles. The number of benzene rings is 1. The number of ether oxygens (including phenoxy) is 1. The molecular formula is C17H22N2O5S. The van der Waals surface area contributed by atoms with E-state index in [2.05, 4.69) is 10.6 Å². The van der Waals surface area contributed by atoms with Gasteiger partial charge >= 0.3 is 12.1 Å². The highest BCUT2D eigenvalue weighted by molar-refractivity contribution is 7.99. The maximum atomic E-state index is 11.5. The van der Waals surface area contributed by atoms with Gasteiger partial charge in [-0.3, -0.25) is 4.79 Å². The first-order valence-electron chi connectivity index (χ1n) is 7.51. The minimum atomic E-state index is -0.875. The molecule has 0 radical (unpaired) electrons. The molecule has 1 aliphatic rings. The maximum absolute atomic E-state index is 11.5. The number of carbonyl (C=O) groups excluding carboxylic acids is 2. The van der Waals surface area contributed by atoms with E-state index in [1.807, 2.05) is 36.6 Å². The number of amides is 2. The summed E-state index contributed by atoms with van der Waals surface area (Å²) in [5.74, 6) is -1.05. The second-order valence-electron chi connectivity index (χ2n) is 5.41. The Bertz CT molecular complexity index is 629. The molecule has 1 aromatic carbocycles. The standard InChI is InChI=1S/C12H14N2O3S.C5H8O2/c1-18-11-9(10(15)14-11)13-12(16)17-7-8-5-3-2-4-6-8;1-4(2)3-5(6)7/h2-6,9,11H,7H2,1H3,(H,13,16)(H,14,15);3H,1-2H3,(H,6,7)/t9-,11-;/m1./s1. The van der Waals surface area contributed by atoms with Crippen molar-refractivity contribution in [2.24, 2.45) is 0 Å². The summed E-state index contributed by atoms with van der Waals surface area (Å²) in [5, 5.41) is 13.2. The van der Waals surface area contributed by atoms with Gasteiger partial charge in [-0.05, 0) is 25.7 Å². The number of hydrogen-bond donors (Lipinski definition) is 3. The molecule has 136 valence electrons. The number of carboxylic acid groups (broad SMARTS) is 1. The van der Waals surface area contributed by atoms with Gasteiger partial charge in [-0.15, -0.1) is 11.8 Å². The summed E-state index contributed by atoms with van der Waals surface area (Å²) in [6.45, 7) is 3.69. The predicted molar refractivity (Wildman–Crippen MR) is 96.1 cm³/mol. The molecule has 2 rings (SSSR count). The van der Waals surface area contributed by atoms with Gasteiger partial charge in [-0.1, -0.05) is 35.9 Å². The van der Waals surface area contributed by atoms with Gasteiger partial charge in [0.2, 0.25) is 5.91 Å². The predicted octanol–water partition coefficient (Wildman–Crippen LogP) is 2.14. The highest BCUT2D eigenvalue weighted by Gasteiger charge is 2.40. The molecule has 25 heavy (non-hydrogen) atoms. The average molecular weight is 366 g/mol. The molecule has 1 fully saturated rings. The third-order valence-electron chi connectivity index (χ3n) is 3.02. The Morgan fingerprint density at radius 3 is 2.40 bits per heavy atom. The van der Waals surface area contributed by atoms with E-state index in [1.54, 1.807) is 13.8 Å². The lowest BCUT2D eigenvalue weighted by atomic mass is 10.1. The highest BCUT2D eigenvalue weighted by Crippen LogP contribution is 2.16. The van der Waals surface area contributed by atoms with Crippen LogP contribution < -0.4 is 10.6 Å². The van der Waals surface area contributed by atoms with Crippen LogP contribution in [-0.4, -0.2) is 40.7 Å². The number of rotatable bonds is 5. The number of carbonyl (C=O) groups is 3. The van der Waals surface area contributed by atoms with Gasteiger partial charge in [0.05, 0.1) is 0 Å². The van der Waals surface area contributed by atoms with E-state index in [1.165, 1.54) is 17.8 Å². The summed E-state index contributed by atoms with van der Waals surface area (Å²) in [6.07, 6.45) is 2.46. The number of hydrogen-bond acceptors (Lipinski definition) is 5. The van der Waals surface area contributed by atoms with E-state index >= 15 is 0 Å². The van der Waals surface area contributed by atoms with Gasteiger partial charge in [0.15, 0.2) is 0 Å². The van der Waals surface area contributed by atoms with Gasteiger partial charge in [-0.25, -0.2) is 9.59 Å². The van der Waals surface area contributed by atoms with Crippen molar-refractivity contribution in [1.29, 1.82) is 0 Å².